The normalized spacial score (nSPS) is 13.2. The predicted octanol–water partition coefficient (Wildman–Crippen LogP) is 15.4. The SMILES string of the molecule is CC/C=C\C/C=C\C/C=C\C/C=C\CCC(=O)OCC(COC(=O)CCCCCCC/C=C\C/C=C\CCCCCC)OC(=O)CC/C=C\C/C=C\C/C=C\C/C=C\CC. The standard InChI is InChI=1S/C54H84O6/c1-4-7-10-13-16-19-22-25-26-27-30-32-35-38-41-44-47-53(56)59-50-51(60-54(57)48-45-42-39-36-33-29-24-21-18-15-12-9-6-3)49-58-52(55)46-43-40-37-34-31-28-23-20-17-14-11-8-5-2/h8-9,11-12,17-22,26-29,31,33,37,39-40,42,51H,4-7,10,13-16,23-25,30,32,34-36,38,41,43-50H2,1-3H3/b11-8-,12-9-,20-17-,21-18-,22-19-,27-26-,31-28-,33-29-,40-37-,42-39-. The Morgan fingerprint density at radius 1 is 0.350 bits per heavy atom. The van der Waals surface area contributed by atoms with Gasteiger partial charge in [0, 0.05) is 19.3 Å². The van der Waals surface area contributed by atoms with Crippen molar-refractivity contribution in [2.75, 3.05) is 13.2 Å². The number of hydrogen-bond acceptors (Lipinski definition) is 6. The van der Waals surface area contributed by atoms with E-state index in [-0.39, 0.29) is 38.0 Å². The molecule has 0 bridgehead atoms. The van der Waals surface area contributed by atoms with E-state index in [4.69, 9.17) is 14.2 Å². The first-order valence-electron chi connectivity index (χ1n) is 23.5. The summed E-state index contributed by atoms with van der Waals surface area (Å²) in [5, 5.41) is 0. The van der Waals surface area contributed by atoms with Gasteiger partial charge >= 0.3 is 17.9 Å². The van der Waals surface area contributed by atoms with Crippen molar-refractivity contribution in [1.29, 1.82) is 0 Å². The second kappa shape index (κ2) is 47.5. The number of unbranched alkanes of at least 4 members (excludes halogenated alkanes) is 9. The summed E-state index contributed by atoms with van der Waals surface area (Å²) < 4.78 is 16.6. The molecule has 0 N–H and O–H groups in total. The van der Waals surface area contributed by atoms with Crippen LogP contribution in [0.15, 0.2) is 122 Å². The lowest BCUT2D eigenvalue weighted by molar-refractivity contribution is -0.166. The maximum Gasteiger partial charge on any atom is 0.306 e. The molecule has 6 nitrogen and oxygen atoms in total. The maximum atomic E-state index is 12.7. The molecule has 0 aliphatic heterocycles. The molecule has 0 aliphatic carbocycles. The molecule has 0 aromatic carbocycles. The lowest BCUT2D eigenvalue weighted by Crippen LogP contribution is -2.30. The van der Waals surface area contributed by atoms with Crippen molar-refractivity contribution in [1.82, 2.24) is 0 Å². The Labute approximate surface area is 367 Å². The third kappa shape index (κ3) is 44.9. The van der Waals surface area contributed by atoms with Crippen LogP contribution in [0.1, 0.15) is 181 Å². The zero-order valence-electron chi connectivity index (χ0n) is 38.2. The highest BCUT2D eigenvalue weighted by atomic mass is 16.6. The summed E-state index contributed by atoms with van der Waals surface area (Å²) in [6.07, 6.45) is 64.9. The van der Waals surface area contributed by atoms with Gasteiger partial charge in [-0.3, -0.25) is 14.4 Å². The minimum absolute atomic E-state index is 0.140. The summed E-state index contributed by atoms with van der Waals surface area (Å²) in [4.78, 5) is 37.8. The Bertz CT molecular complexity index is 1320. The van der Waals surface area contributed by atoms with Gasteiger partial charge in [0.1, 0.15) is 13.2 Å². The summed E-state index contributed by atoms with van der Waals surface area (Å²) in [7, 11) is 0. The largest absolute Gasteiger partial charge is 0.462 e. The Morgan fingerprint density at radius 2 is 0.683 bits per heavy atom. The molecule has 0 rings (SSSR count). The van der Waals surface area contributed by atoms with E-state index in [2.05, 4.69) is 118 Å². The molecule has 0 saturated heterocycles. The van der Waals surface area contributed by atoms with Crippen molar-refractivity contribution in [2.24, 2.45) is 0 Å². The van der Waals surface area contributed by atoms with Crippen molar-refractivity contribution in [3.05, 3.63) is 122 Å². The zero-order valence-corrected chi connectivity index (χ0v) is 38.2. The van der Waals surface area contributed by atoms with Crippen LogP contribution in [0.4, 0.5) is 0 Å². The van der Waals surface area contributed by atoms with Crippen LogP contribution < -0.4 is 0 Å². The van der Waals surface area contributed by atoms with E-state index in [0.717, 1.165) is 96.3 Å². The smallest absolute Gasteiger partial charge is 0.306 e. The van der Waals surface area contributed by atoms with Crippen LogP contribution in [0.25, 0.3) is 0 Å². The molecule has 0 saturated carbocycles. The number of esters is 3. The van der Waals surface area contributed by atoms with Gasteiger partial charge in [-0.25, -0.2) is 0 Å². The van der Waals surface area contributed by atoms with Gasteiger partial charge in [0.2, 0.25) is 0 Å². The van der Waals surface area contributed by atoms with Crippen molar-refractivity contribution < 1.29 is 28.6 Å². The molecule has 336 valence electrons. The Balaban J connectivity index is 4.61. The third-order valence-electron chi connectivity index (χ3n) is 9.21. The van der Waals surface area contributed by atoms with Gasteiger partial charge in [0.25, 0.3) is 0 Å². The Morgan fingerprint density at radius 3 is 1.12 bits per heavy atom. The predicted molar refractivity (Wildman–Crippen MR) is 256 cm³/mol. The molecular weight excluding hydrogens is 745 g/mol. The summed E-state index contributed by atoms with van der Waals surface area (Å²) in [5.74, 6) is -1.13. The topological polar surface area (TPSA) is 78.9 Å². The van der Waals surface area contributed by atoms with Crippen LogP contribution >= 0.6 is 0 Å². The van der Waals surface area contributed by atoms with Gasteiger partial charge in [-0.05, 0) is 103 Å². The van der Waals surface area contributed by atoms with E-state index in [1.807, 2.05) is 24.3 Å². The van der Waals surface area contributed by atoms with Crippen LogP contribution in [0.5, 0.6) is 0 Å². The molecule has 0 radical (unpaired) electrons. The second-order valence-corrected chi connectivity index (χ2v) is 14.9. The minimum Gasteiger partial charge on any atom is -0.462 e. The average Bonchev–Trinajstić information content (AvgIpc) is 3.24. The second-order valence-electron chi connectivity index (χ2n) is 14.9. The van der Waals surface area contributed by atoms with E-state index >= 15 is 0 Å². The van der Waals surface area contributed by atoms with Crippen LogP contribution in [-0.4, -0.2) is 37.2 Å². The highest BCUT2D eigenvalue weighted by Gasteiger charge is 2.19. The molecule has 1 atom stereocenters. The van der Waals surface area contributed by atoms with Crippen molar-refractivity contribution in [3.8, 4) is 0 Å². The molecular formula is C54H84O6. The number of carbonyl (C=O) groups excluding carboxylic acids is 3. The molecule has 0 amide bonds. The van der Waals surface area contributed by atoms with Crippen molar-refractivity contribution in [2.45, 2.75) is 187 Å². The van der Waals surface area contributed by atoms with Crippen LogP contribution in [0, 0.1) is 0 Å². The summed E-state index contributed by atoms with van der Waals surface area (Å²) >= 11 is 0. The molecule has 6 heteroatoms. The molecule has 0 heterocycles. The highest BCUT2D eigenvalue weighted by Crippen LogP contribution is 2.10. The first-order valence-corrected chi connectivity index (χ1v) is 23.5. The van der Waals surface area contributed by atoms with E-state index < -0.39 is 12.1 Å². The fourth-order valence-corrected chi connectivity index (χ4v) is 5.73. The number of ether oxygens (including phenoxy) is 3. The number of hydrogen-bond donors (Lipinski definition) is 0. The number of carbonyl (C=O) groups is 3. The van der Waals surface area contributed by atoms with Gasteiger partial charge in [0.05, 0.1) is 0 Å². The quantitative estimate of drug-likeness (QED) is 0.0265. The van der Waals surface area contributed by atoms with Crippen LogP contribution in [-0.2, 0) is 28.6 Å². The van der Waals surface area contributed by atoms with Gasteiger partial charge in [-0.15, -0.1) is 0 Å². The number of allylic oxidation sites excluding steroid dienone is 20. The maximum absolute atomic E-state index is 12.7. The fraction of sp³-hybridized carbons (Fsp3) is 0.574. The minimum atomic E-state index is -0.852. The van der Waals surface area contributed by atoms with E-state index in [0.29, 0.717) is 19.3 Å². The molecule has 1 unspecified atom stereocenters. The van der Waals surface area contributed by atoms with Gasteiger partial charge < -0.3 is 14.2 Å². The molecule has 0 aromatic rings. The van der Waals surface area contributed by atoms with E-state index in [9.17, 15) is 14.4 Å². The summed E-state index contributed by atoms with van der Waals surface area (Å²) in [6.45, 7) is 6.21. The zero-order chi connectivity index (χ0) is 43.7. The van der Waals surface area contributed by atoms with E-state index in [1.165, 1.54) is 32.1 Å². The Kier molecular flexibility index (Phi) is 44.2. The third-order valence-corrected chi connectivity index (χ3v) is 9.21. The Hall–Kier alpha value is -4.19. The lowest BCUT2D eigenvalue weighted by Gasteiger charge is -2.18. The highest BCUT2D eigenvalue weighted by molar-refractivity contribution is 5.71. The lowest BCUT2D eigenvalue weighted by atomic mass is 10.1. The van der Waals surface area contributed by atoms with Crippen LogP contribution in [0.2, 0.25) is 0 Å². The molecule has 60 heavy (non-hydrogen) atoms. The van der Waals surface area contributed by atoms with Gasteiger partial charge in [-0.1, -0.05) is 181 Å². The van der Waals surface area contributed by atoms with Crippen LogP contribution in [0.3, 0.4) is 0 Å². The average molecular weight is 829 g/mol. The van der Waals surface area contributed by atoms with Crippen molar-refractivity contribution >= 4 is 17.9 Å². The van der Waals surface area contributed by atoms with Crippen molar-refractivity contribution in [3.63, 3.8) is 0 Å². The molecule has 0 spiro atoms. The first kappa shape index (κ1) is 55.8. The fourth-order valence-electron chi connectivity index (χ4n) is 5.73. The monoisotopic (exact) mass is 829 g/mol. The number of rotatable bonds is 40. The van der Waals surface area contributed by atoms with Gasteiger partial charge in [-0.2, -0.15) is 0 Å². The first-order chi connectivity index (χ1) is 29.5. The summed E-state index contributed by atoms with van der Waals surface area (Å²) in [5.41, 5.74) is 0. The van der Waals surface area contributed by atoms with Gasteiger partial charge in [0.15, 0.2) is 6.10 Å². The molecule has 0 aliphatic rings. The van der Waals surface area contributed by atoms with E-state index in [1.54, 1.807) is 0 Å². The molecule has 0 fully saturated rings. The summed E-state index contributed by atoms with van der Waals surface area (Å²) in [6, 6.07) is 0. The molecule has 0 aromatic heterocycles.